The van der Waals surface area contributed by atoms with Gasteiger partial charge in [0.1, 0.15) is 5.69 Å². The van der Waals surface area contributed by atoms with Gasteiger partial charge >= 0.3 is 0 Å². The van der Waals surface area contributed by atoms with E-state index in [1.54, 1.807) is 18.3 Å². The van der Waals surface area contributed by atoms with Crippen molar-refractivity contribution in [2.45, 2.75) is 13.8 Å². The van der Waals surface area contributed by atoms with Gasteiger partial charge in [-0.2, -0.15) is 15.3 Å². The van der Waals surface area contributed by atoms with E-state index in [4.69, 9.17) is 0 Å². The van der Waals surface area contributed by atoms with Gasteiger partial charge in [0.2, 0.25) is 0 Å². The summed E-state index contributed by atoms with van der Waals surface area (Å²) >= 11 is 0. The molecule has 4 rings (SSSR count). The van der Waals surface area contributed by atoms with Crippen LogP contribution in [0.5, 0.6) is 0 Å². The predicted octanol–water partition coefficient (Wildman–Crippen LogP) is 3.55. The number of amides is 1. The molecule has 1 amide bonds. The average Bonchev–Trinajstić information content (AvgIpc) is 3.40. The van der Waals surface area contributed by atoms with Crippen LogP contribution < -0.4 is 5.43 Å². The molecule has 0 bridgehead atoms. The van der Waals surface area contributed by atoms with E-state index in [0.29, 0.717) is 11.3 Å². The zero-order valence-electron chi connectivity index (χ0n) is 17.3. The number of para-hydroxylation sites is 1. The maximum absolute atomic E-state index is 12.4. The van der Waals surface area contributed by atoms with Crippen molar-refractivity contribution in [1.29, 1.82) is 0 Å². The van der Waals surface area contributed by atoms with Crippen LogP contribution in [0.4, 0.5) is 5.69 Å². The smallest absolute Gasteiger partial charge is 0.272 e. The van der Waals surface area contributed by atoms with Crippen LogP contribution in [0.1, 0.15) is 27.4 Å². The molecule has 2 heterocycles. The minimum absolute atomic E-state index is 0.0529. The zero-order chi connectivity index (χ0) is 22.7. The van der Waals surface area contributed by atoms with Crippen LogP contribution in [0.25, 0.3) is 16.9 Å². The Morgan fingerprint density at radius 3 is 2.69 bits per heavy atom. The molecular formula is C22H19N7O3. The number of aromatic amines is 1. The molecule has 0 unspecified atom stereocenters. The molecule has 0 spiro atoms. The number of nitrogens with zero attached hydrogens (tertiary/aromatic N) is 5. The first-order valence-electron chi connectivity index (χ1n) is 9.69. The second-order valence-electron chi connectivity index (χ2n) is 7.01. The highest BCUT2D eigenvalue weighted by molar-refractivity contribution is 5.94. The number of rotatable bonds is 6. The minimum atomic E-state index is -0.490. The summed E-state index contributed by atoms with van der Waals surface area (Å²) in [5.41, 5.74) is 6.93. The Bertz CT molecular complexity index is 1320. The first kappa shape index (κ1) is 20.7. The number of nitro groups is 1. The second kappa shape index (κ2) is 8.64. The quantitative estimate of drug-likeness (QED) is 0.275. The third-order valence-corrected chi connectivity index (χ3v) is 4.88. The lowest BCUT2D eigenvalue weighted by Crippen LogP contribution is -2.18. The third-order valence-electron chi connectivity index (χ3n) is 4.88. The molecule has 32 heavy (non-hydrogen) atoms. The van der Waals surface area contributed by atoms with Crippen molar-refractivity contribution < 1.29 is 9.72 Å². The van der Waals surface area contributed by atoms with E-state index in [1.165, 1.54) is 18.2 Å². The van der Waals surface area contributed by atoms with E-state index in [9.17, 15) is 14.9 Å². The highest BCUT2D eigenvalue weighted by atomic mass is 16.6. The van der Waals surface area contributed by atoms with E-state index in [-0.39, 0.29) is 11.4 Å². The summed E-state index contributed by atoms with van der Waals surface area (Å²) in [7, 11) is 0. The van der Waals surface area contributed by atoms with Crippen LogP contribution in [0, 0.1) is 24.0 Å². The lowest BCUT2D eigenvalue weighted by atomic mass is 10.1. The van der Waals surface area contributed by atoms with Crippen LogP contribution in [0.15, 0.2) is 65.8 Å². The number of aryl methyl sites for hydroxylation is 1. The Labute approximate surface area is 182 Å². The molecule has 0 saturated carbocycles. The number of nitro benzene ring substituents is 1. The van der Waals surface area contributed by atoms with E-state index in [0.717, 1.165) is 22.6 Å². The van der Waals surface area contributed by atoms with Gasteiger partial charge in [-0.3, -0.25) is 20.0 Å². The number of nitrogens with one attached hydrogen (secondary N) is 2. The summed E-state index contributed by atoms with van der Waals surface area (Å²) in [6, 6.07) is 17.3. The van der Waals surface area contributed by atoms with Crippen molar-refractivity contribution in [1.82, 2.24) is 25.4 Å². The molecule has 160 valence electrons. The molecule has 0 aliphatic rings. The minimum Gasteiger partial charge on any atom is -0.272 e. The van der Waals surface area contributed by atoms with E-state index < -0.39 is 10.8 Å². The normalized spacial score (nSPS) is 11.1. The zero-order valence-corrected chi connectivity index (χ0v) is 17.3. The largest absolute Gasteiger partial charge is 0.289 e. The van der Waals surface area contributed by atoms with Gasteiger partial charge in [-0.1, -0.05) is 30.3 Å². The van der Waals surface area contributed by atoms with Crippen molar-refractivity contribution in [3.8, 4) is 16.9 Å². The predicted molar refractivity (Wildman–Crippen MR) is 119 cm³/mol. The van der Waals surface area contributed by atoms with Crippen molar-refractivity contribution in [2.75, 3.05) is 0 Å². The summed E-state index contributed by atoms with van der Waals surface area (Å²) in [6.07, 6.45) is 1.55. The number of hydrogen-bond acceptors (Lipinski definition) is 6. The molecule has 2 aromatic heterocycles. The molecule has 0 radical (unpaired) electrons. The number of carbonyl (C=O) groups is 1. The summed E-state index contributed by atoms with van der Waals surface area (Å²) in [5.74, 6) is -0.490. The standard InChI is InChI=1S/C22H19N7O3/c1-14-19(15(2)28(27-14)17-8-4-3-5-9-17)13-23-26-22(30)21-12-20(24-25-21)16-7-6-10-18(11-16)29(31)32/h3-13H,1-2H3,(H,24,25)(H,26,30). The molecule has 0 atom stereocenters. The monoisotopic (exact) mass is 429 g/mol. The maximum Gasteiger partial charge on any atom is 0.289 e. The highest BCUT2D eigenvalue weighted by Crippen LogP contribution is 2.22. The first-order valence-corrected chi connectivity index (χ1v) is 9.69. The number of H-pyrrole nitrogens is 1. The lowest BCUT2D eigenvalue weighted by Gasteiger charge is -2.03. The average molecular weight is 429 g/mol. The van der Waals surface area contributed by atoms with Gasteiger partial charge in [0.05, 0.1) is 33.9 Å². The number of benzene rings is 2. The molecule has 0 saturated heterocycles. The number of carbonyl (C=O) groups excluding carboxylic acids is 1. The van der Waals surface area contributed by atoms with E-state index in [1.807, 2.05) is 48.9 Å². The molecule has 2 aromatic carbocycles. The summed E-state index contributed by atoms with van der Waals surface area (Å²) < 4.78 is 1.82. The maximum atomic E-state index is 12.4. The van der Waals surface area contributed by atoms with Gasteiger partial charge in [-0.25, -0.2) is 10.1 Å². The van der Waals surface area contributed by atoms with Gasteiger partial charge in [-0.05, 0) is 32.0 Å². The molecule has 0 fully saturated rings. The van der Waals surface area contributed by atoms with Crippen molar-refractivity contribution in [3.63, 3.8) is 0 Å². The van der Waals surface area contributed by atoms with Gasteiger partial charge in [0.15, 0.2) is 0 Å². The van der Waals surface area contributed by atoms with Gasteiger partial charge in [0.25, 0.3) is 11.6 Å². The van der Waals surface area contributed by atoms with Crippen molar-refractivity contribution in [2.24, 2.45) is 5.10 Å². The fourth-order valence-corrected chi connectivity index (χ4v) is 3.24. The Morgan fingerprint density at radius 2 is 1.94 bits per heavy atom. The molecule has 10 nitrogen and oxygen atoms in total. The Hall–Kier alpha value is -4.60. The van der Waals surface area contributed by atoms with Crippen LogP contribution in [0.3, 0.4) is 0 Å². The Balaban J connectivity index is 1.48. The van der Waals surface area contributed by atoms with Gasteiger partial charge in [-0.15, -0.1) is 0 Å². The molecule has 2 N–H and O–H groups in total. The van der Waals surface area contributed by atoms with E-state index in [2.05, 4.69) is 25.8 Å². The lowest BCUT2D eigenvalue weighted by molar-refractivity contribution is -0.384. The third kappa shape index (κ3) is 4.15. The SMILES string of the molecule is Cc1nn(-c2ccccc2)c(C)c1C=NNC(=O)c1cc(-c2cccc([N+](=O)[O-])c2)n[nH]1. The molecule has 10 heteroatoms. The topological polar surface area (TPSA) is 131 Å². The van der Waals surface area contributed by atoms with Crippen LogP contribution in [-0.2, 0) is 0 Å². The number of hydrazone groups is 1. The fraction of sp³-hybridized carbons (Fsp3) is 0.0909. The van der Waals surface area contributed by atoms with Crippen molar-refractivity contribution >= 4 is 17.8 Å². The summed E-state index contributed by atoms with van der Waals surface area (Å²) in [4.78, 5) is 22.9. The first-order chi connectivity index (χ1) is 15.4. The second-order valence-corrected chi connectivity index (χ2v) is 7.01. The number of non-ortho nitro benzene ring substituents is 1. The molecule has 4 aromatic rings. The van der Waals surface area contributed by atoms with Gasteiger partial charge < -0.3 is 0 Å². The van der Waals surface area contributed by atoms with Crippen LogP contribution >= 0.6 is 0 Å². The van der Waals surface area contributed by atoms with Crippen LogP contribution in [0.2, 0.25) is 0 Å². The Kier molecular flexibility index (Phi) is 5.58. The number of hydrogen-bond donors (Lipinski definition) is 2. The van der Waals surface area contributed by atoms with E-state index >= 15 is 0 Å². The van der Waals surface area contributed by atoms with Gasteiger partial charge in [0, 0.05) is 23.3 Å². The highest BCUT2D eigenvalue weighted by Gasteiger charge is 2.14. The molecular weight excluding hydrogens is 410 g/mol. The fourth-order valence-electron chi connectivity index (χ4n) is 3.24. The summed E-state index contributed by atoms with van der Waals surface area (Å²) in [6.45, 7) is 3.80. The van der Waals surface area contributed by atoms with Crippen LogP contribution in [-0.4, -0.2) is 37.0 Å². The Morgan fingerprint density at radius 1 is 1.16 bits per heavy atom. The molecule has 0 aliphatic heterocycles. The summed E-state index contributed by atoms with van der Waals surface area (Å²) in [5, 5.41) is 26.2. The number of aromatic nitrogens is 4. The van der Waals surface area contributed by atoms with Crippen molar-refractivity contribution in [3.05, 3.63) is 93.4 Å². The molecule has 0 aliphatic carbocycles.